The fourth-order valence-electron chi connectivity index (χ4n) is 2.49. The van der Waals surface area contributed by atoms with Gasteiger partial charge in [-0.25, -0.2) is 23.4 Å². The van der Waals surface area contributed by atoms with Crippen LogP contribution in [0.3, 0.4) is 0 Å². The van der Waals surface area contributed by atoms with Crippen LogP contribution in [-0.4, -0.2) is 33.0 Å². The normalized spacial score (nSPS) is 11.1. The molecular weight excluding hydrogens is 373 g/mol. The Morgan fingerprint density at radius 3 is 2.78 bits per heavy atom. The Bertz CT molecular complexity index is 999. The van der Waals surface area contributed by atoms with Gasteiger partial charge in [0.1, 0.15) is 6.33 Å². The van der Waals surface area contributed by atoms with Crippen LogP contribution in [0, 0.1) is 0 Å². The van der Waals surface area contributed by atoms with Crippen LogP contribution < -0.4 is 16.2 Å². The van der Waals surface area contributed by atoms with Gasteiger partial charge in [0, 0.05) is 18.8 Å². The average Bonchev–Trinajstić information content (AvgIpc) is 3.06. The first kappa shape index (κ1) is 20.3. The maximum absolute atomic E-state index is 12.7. The molecule has 0 amide bonds. The third-order valence-electron chi connectivity index (χ3n) is 3.90. The first-order chi connectivity index (χ1) is 12.7. The number of pyridine rings is 1. The van der Waals surface area contributed by atoms with Gasteiger partial charge in [-0.3, -0.25) is 0 Å². The summed E-state index contributed by atoms with van der Waals surface area (Å²) < 4.78 is 20.4. The Morgan fingerprint density at radius 2 is 2.07 bits per heavy atom. The molecule has 2 heterocycles. The Kier molecular flexibility index (Phi) is 6.86. The van der Waals surface area contributed by atoms with Crippen molar-refractivity contribution in [2.45, 2.75) is 6.54 Å². The number of benzene rings is 1. The quantitative estimate of drug-likeness (QED) is 0.696. The van der Waals surface area contributed by atoms with Crippen molar-refractivity contribution in [2.24, 2.45) is 5.73 Å². The molecule has 0 aliphatic rings. The van der Waals surface area contributed by atoms with Crippen LogP contribution in [0.1, 0.15) is 0 Å². The molecule has 0 unspecified atom stereocenters. The van der Waals surface area contributed by atoms with Gasteiger partial charge in [-0.1, -0.05) is 12.1 Å². The standard InChI is InChI=1S/C18H18FN5O2.ClH/c1-26-17-8-15(5-6-21-17)14-3-2-4-16(7-14)23-12-22-24(18(23)25)11-13(9-19)10-20;/h2-9,12H,10-11,20H2,1H3;1H/b13-9+;. The smallest absolute Gasteiger partial charge is 0.350 e. The zero-order valence-corrected chi connectivity index (χ0v) is 15.4. The number of hydrogen-bond acceptors (Lipinski definition) is 5. The lowest BCUT2D eigenvalue weighted by molar-refractivity contribution is 0.398. The van der Waals surface area contributed by atoms with Crippen LogP contribution in [-0.2, 0) is 6.54 Å². The largest absolute Gasteiger partial charge is 0.481 e. The molecule has 7 nitrogen and oxygen atoms in total. The van der Waals surface area contributed by atoms with E-state index in [2.05, 4.69) is 10.1 Å². The highest BCUT2D eigenvalue weighted by Gasteiger charge is 2.10. The molecule has 1 aromatic carbocycles. The van der Waals surface area contributed by atoms with Crippen molar-refractivity contribution in [2.75, 3.05) is 13.7 Å². The third-order valence-corrected chi connectivity index (χ3v) is 3.90. The van der Waals surface area contributed by atoms with Gasteiger partial charge < -0.3 is 10.5 Å². The van der Waals surface area contributed by atoms with Gasteiger partial charge in [-0.2, -0.15) is 5.10 Å². The number of methoxy groups -OCH3 is 1. The Hall–Kier alpha value is -2.97. The van der Waals surface area contributed by atoms with E-state index in [0.717, 1.165) is 11.1 Å². The van der Waals surface area contributed by atoms with Crippen molar-refractivity contribution in [1.82, 2.24) is 19.3 Å². The second-order valence-electron chi connectivity index (χ2n) is 5.55. The summed E-state index contributed by atoms with van der Waals surface area (Å²) in [5.74, 6) is 0.505. The van der Waals surface area contributed by atoms with E-state index >= 15 is 0 Å². The van der Waals surface area contributed by atoms with Crippen LogP contribution in [0.2, 0.25) is 0 Å². The topological polar surface area (TPSA) is 88.0 Å². The lowest BCUT2D eigenvalue weighted by atomic mass is 10.1. The molecular formula is C18H19ClFN5O2. The fraction of sp³-hybridized carbons (Fsp3) is 0.167. The summed E-state index contributed by atoms with van der Waals surface area (Å²) >= 11 is 0. The van der Waals surface area contributed by atoms with Crippen LogP contribution in [0.15, 0.2) is 65.6 Å². The Labute approximate surface area is 161 Å². The van der Waals surface area contributed by atoms with Crippen molar-refractivity contribution in [3.05, 3.63) is 71.3 Å². The number of aromatic nitrogens is 4. The summed E-state index contributed by atoms with van der Waals surface area (Å²) in [5.41, 5.74) is 7.80. The number of ether oxygens (including phenoxy) is 1. The first-order valence-corrected chi connectivity index (χ1v) is 7.89. The van der Waals surface area contributed by atoms with E-state index in [1.54, 1.807) is 19.4 Å². The average molecular weight is 392 g/mol. The summed E-state index contributed by atoms with van der Waals surface area (Å²) in [6.45, 7) is 0.0369. The minimum absolute atomic E-state index is 0. The van der Waals surface area contributed by atoms with Gasteiger partial charge in [0.05, 0.1) is 25.7 Å². The predicted molar refractivity (Wildman–Crippen MR) is 103 cm³/mol. The molecule has 0 saturated heterocycles. The number of nitrogens with two attached hydrogens (primary N) is 1. The first-order valence-electron chi connectivity index (χ1n) is 7.89. The molecule has 3 aromatic rings. The highest BCUT2D eigenvalue weighted by Crippen LogP contribution is 2.23. The van der Waals surface area contributed by atoms with Crippen LogP contribution in [0.25, 0.3) is 16.8 Å². The van der Waals surface area contributed by atoms with Crippen LogP contribution in [0.4, 0.5) is 4.39 Å². The molecule has 0 radical (unpaired) electrons. The number of rotatable bonds is 6. The second kappa shape index (κ2) is 9.11. The SMILES string of the molecule is COc1cc(-c2cccc(-n3cnn(C/C(=C/F)CN)c3=O)c2)ccn1.Cl. The number of hydrogen-bond donors (Lipinski definition) is 1. The number of nitrogens with zero attached hydrogens (tertiary/aromatic N) is 4. The van der Waals surface area contributed by atoms with Gasteiger partial charge in [0.25, 0.3) is 0 Å². The lowest BCUT2D eigenvalue weighted by Gasteiger charge is -2.07. The minimum Gasteiger partial charge on any atom is -0.481 e. The van der Waals surface area contributed by atoms with Crippen molar-refractivity contribution >= 4 is 12.4 Å². The monoisotopic (exact) mass is 391 g/mol. The van der Waals surface area contributed by atoms with Gasteiger partial charge in [0.2, 0.25) is 5.88 Å². The zero-order chi connectivity index (χ0) is 18.5. The Morgan fingerprint density at radius 1 is 1.30 bits per heavy atom. The van der Waals surface area contributed by atoms with Crippen molar-refractivity contribution in [1.29, 1.82) is 0 Å². The summed E-state index contributed by atoms with van der Waals surface area (Å²) in [6.07, 6.45) is 3.46. The van der Waals surface area contributed by atoms with Crippen LogP contribution >= 0.6 is 12.4 Å². The van der Waals surface area contributed by atoms with Gasteiger partial charge in [-0.15, -0.1) is 12.4 Å². The molecule has 0 aliphatic heterocycles. The van der Waals surface area contributed by atoms with E-state index in [1.165, 1.54) is 15.6 Å². The molecule has 0 fully saturated rings. The molecule has 2 aromatic heterocycles. The maximum Gasteiger partial charge on any atom is 0.350 e. The van der Waals surface area contributed by atoms with E-state index in [4.69, 9.17) is 10.5 Å². The molecule has 0 saturated carbocycles. The van der Waals surface area contributed by atoms with E-state index < -0.39 is 0 Å². The number of halogens is 2. The van der Waals surface area contributed by atoms with Gasteiger partial charge in [0.15, 0.2) is 0 Å². The van der Waals surface area contributed by atoms with Gasteiger partial charge >= 0.3 is 5.69 Å². The Balaban J connectivity index is 0.00000261. The molecule has 3 rings (SSSR count). The molecule has 0 aliphatic carbocycles. The minimum atomic E-state index is -0.373. The molecule has 0 bridgehead atoms. The van der Waals surface area contributed by atoms with E-state index in [-0.39, 0.29) is 36.8 Å². The molecule has 9 heteroatoms. The molecule has 142 valence electrons. The van der Waals surface area contributed by atoms with Crippen molar-refractivity contribution in [3.8, 4) is 22.7 Å². The highest BCUT2D eigenvalue weighted by molar-refractivity contribution is 5.85. The van der Waals surface area contributed by atoms with E-state index in [1.807, 2.05) is 30.3 Å². The molecule has 0 spiro atoms. The second-order valence-corrected chi connectivity index (χ2v) is 5.55. The van der Waals surface area contributed by atoms with Crippen molar-refractivity contribution in [3.63, 3.8) is 0 Å². The predicted octanol–water partition coefficient (Wildman–Crippen LogP) is 2.34. The maximum atomic E-state index is 12.7. The highest BCUT2D eigenvalue weighted by atomic mass is 35.5. The lowest BCUT2D eigenvalue weighted by Crippen LogP contribution is -2.25. The zero-order valence-electron chi connectivity index (χ0n) is 14.6. The molecule has 27 heavy (non-hydrogen) atoms. The third kappa shape index (κ3) is 4.42. The van der Waals surface area contributed by atoms with Crippen molar-refractivity contribution < 1.29 is 9.13 Å². The molecule has 2 N–H and O–H groups in total. The van der Waals surface area contributed by atoms with E-state index in [0.29, 0.717) is 17.9 Å². The molecule has 0 atom stereocenters. The van der Waals surface area contributed by atoms with E-state index in [9.17, 15) is 9.18 Å². The summed E-state index contributed by atoms with van der Waals surface area (Å²) in [6, 6.07) is 11.1. The van der Waals surface area contributed by atoms with Crippen LogP contribution in [0.5, 0.6) is 5.88 Å². The summed E-state index contributed by atoms with van der Waals surface area (Å²) in [7, 11) is 1.55. The summed E-state index contributed by atoms with van der Waals surface area (Å²) in [4.78, 5) is 16.6. The fourth-order valence-corrected chi connectivity index (χ4v) is 2.49. The summed E-state index contributed by atoms with van der Waals surface area (Å²) in [5, 5.41) is 4.03. The van der Waals surface area contributed by atoms with Gasteiger partial charge in [-0.05, 0) is 34.9 Å².